The standard InChI is InChI=1S/C12H24N2O2/c1-3-11(15)10-6-4-5-8-14(10)9-7-12(16)13-2/h10-11,15H,3-9H2,1-2H3,(H,13,16). The minimum absolute atomic E-state index is 0.0790. The average molecular weight is 228 g/mol. The minimum Gasteiger partial charge on any atom is -0.392 e. The molecular formula is C12H24N2O2. The summed E-state index contributed by atoms with van der Waals surface area (Å²) in [6.07, 6.45) is 4.51. The molecular weight excluding hydrogens is 204 g/mol. The van der Waals surface area contributed by atoms with E-state index in [0.29, 0.717) is 6.42 Å². The fourth-order valence-electron chi connectivity index (χ4n) is 2.37. The van der Waals surface area contributed by atoms with Crippen molar-refractivity contribution in [3.63, 3.8) is 0 Å². The van der Waals surface area contributed by atoms with Crippen molar-refractivity contribution in [2.75, 3.05) is 20.1 Å². The van der Waals surface area contributed by atoms with Crippen molar-refractivity contribution in [2.45, 2.75) is 51.2 Å². The molecule has 1 aliphatic rings. The van der Waals surface area contributed by atoms with E-state index in [2.05, 4.69) is 10.2 Å². The third kappa shape index (κ3) is 3.76. The van der Waals surface area contributed by atoms with Gasteiger partial charge < -0.3 is 10.4 Å². The summed E-state index contributed by atoms with van der Waals surface area (Å²) in [6, 6.07) is 0.253. The lowest BCUT2D eigenvalue weighted by Gasteiger charge is -2.38. The van der Waals surface area contributed by atoms with E-state index < -0.39 is 0 Å². The van der Waals surface area contributed by atoms with Crippen LogP contribution in [0, 0.1) is 0 Å². The molecule has 0 spiro atoms. The van der Waals surface area contributed by atoms with Crippen LogP contribution in [0.1, 0.15) is 39.0 Å². The molecule has 1 saturated heterocycles. The van der Waals surface area contributed by atoms with E-state index in [1.807, 2.05) is 6.92 Å². The normalized spacial score (nSPS) is 24.1. The number of piperidine rings is 1. The van der Waals surface area contributed by atoms with Crippen molar-refractivity contribution < 1.29 is 9.90 Å². The molecule has 1 rings (SSSR count). The number of carbonyl (C=O) groups excluding carboxylic acids is 1. The maximum atomic E-state index is 11.2. The van der Waals surface area contributed by atoms with Crippen LogP contribution in [0.15, 0.2) is 0 Å². The number of hydrogen-bond donors (Lipinski definition) is 2. The van der Waals surface area contributed by atoms with Crippen molar-refractivity contribution in [3.05, 3.63) is 0 Å². The Bertz CT molecular complexity index is 221. The molecule has 2 atom stereocenters. The molecule has 0 bridgehead atoms. The van der Waals surface area contributed by atoms with Gasteiger partial charge in [-0.3, -0.25) is 9.69 Å². The molecule has 1 amide bonds. The van der Waals surface area contributed by atoms with Crippen molar-refractivity contribution in [1.82, 2.24) is 10.2 Å². The summed E-state index contributed by atoms with van der Waals surface area (Å²) in [7, 11) is 1.66. The van der Waals surface area contributed by atoms with Gasteiger partial charge in [0.15, 0.2) is 0 Å². The molecule has 0 aromatic heterocycles. The fourth-order valence-corrected chi connectivity index (χ4v) is 2.37. The van der Waals surface area contributed by atoms with E-state index in [1.54, 1.807) is 7.05 Å². The zero-order valence-electron chi connectivity index (χ0n) is 10.4. The van der Waals surface area contributed by atoms with Crippen LogP contribution in [0.25, 0.3) is 0 Å². The third-order valence-corrected chi connectivity index (χ3v) is 3.43. The topological polar surface area (TPSA) is 52.6 Å². The first kappa shape index (κ1) is 13.5. The van der Waals surface area contributed by atoms with E-state index in [0.717, 1.165) is 25.9 Å². The summed E-state index contributed by atoms with van der Waals surface area (Å²) in [6.45, 7) is 3.79. The number of rotatable bonds is 5. The Morgan fingerprint density at radius 3 is 2.94 bits per heavy atom. The zero-order valence-corrected chi connectivity index (χ0v) is 10.4. The highest BCUT2D eigenvalue weighted by molar-refractivity contribution is 5.75. The van der Waals surface area contributed by atoms with Crippen LogP contribution in [0.3, 0.4) is 0 Å². The van der Waals surface area contributed by atoms with E-state index in [-0.39, 0.29) is 18.1 Å². The third-order valence-electron chi connectivity index (χ3n) is 3.43. The number of likely N-dealkylation sites (tertiary alicyclic amines) is 1. The summed E-state index contributed by atoms with van der Waals surface area (Å²) in [4.78, 5) is 13.5. The van der Waals surface area contributed by atoms with Gasteiger partial charge in [-0.1, -0.05) is 13.3 Å². The molecule has 2 unspecified atom stereocenters. The van der Waals surface area contributed by atoms with Crippen LogP contribution in [-0.4, -0.2) is 48.2 Å². The van der Waals surface area contributed by atoms with E-state index >= 15 is 0 Å². The van der Waals surface area contributed by atoms with Gasteiger partial charge in [0.05, 0.1) is 6.10 Å². The Kier molecular flexibility index (Phi) is 5.77. The van der Waals surface area contributed by atoms with Gasteiger partial charge in [-0.2, -0.15) is 0 Å². The number of hydrogen-bond acceptors (Lipinski definition) is 3. The first-order chi connectivity index (χ1) is 7.69. The van der Waals surface area contributed by atoms with Gasteiger partial charge in [0, 0.05) is 26.1 Å². The van der Waals surface area contributed by atoms with Crippen LogP contribution in [0.5, 0.6) is 0 Å². The predicted octanol–water partition coefficient (Wildman–Crippen LogP) is 0.748. The van der Waals surface area contributed by atoms with Crippen molar-refractivity contribution >= 4 is 5.91 Å². The smallest absolute Gasteiger partial charge is 0.221 e. The van der Waals surface area contributed by atoms with Crippen molar-refractivity contribution in [1.29, 1.82) is 0 Å². The van der Waals surface area contributed by atoms with Crippen LogP contribution >= 0.6 is 0 Å². The first-order valence-electron chi connectivity index (χ1n) is 6.31. The zero-order chi connectivity index (χ0) is 12.0. The molecule has 1 heterocycles. The highest BCUT2D eigenvalue weighted by Gasteiger charge is 2.27. The summed E-state index contributed by atoms with van der Waals surface area (Å²) in [5.74, 6) is 0.0790. The molecule has 0 saturated carbocycles. The number of nitrogens with zero attached hydrogens (tertiary/aromatic N) is 1. The van der Waals surface area contributed by atoms with Crippen molar-refractivity contribution in [3.8, 4) is 0 Å². The number of carbonyl (C=O) groups is 1. The second-order valence-electron chi connectivity index (χ2n) is 4.50. The largest absolute Gasteiger partial charge is 0.392 e. The van der Waals surface area contributed by atoms with Crippen molar-refractivity contribution in [2.24, 2.45) is 0 Å². The summed E-state index contributed by atoms with van der Waals surface area (Å²) >= 11 is 0. The maximum absolute atomic E-state index is 11.2. The molecule has 1 fully saturated rings. The van der Waals surface area contributed by atoms with Gasteiger partial charge in [0.2, 0.25) is 5.91 Å². The molecule has 2 N–H and O–H groups in total. The van der Waals surface area contributed by atoms with Crippen LogP contribution in [0.4, 0.5) is 0 Å². The molecule has 0 aromatic carbocycles. The van der Waals surface area contributed by atoms with Crippen LogP contribution in [0.2, 0.25) is 0 Å². The minimum atomic E-state index is -0.245. The van der Waals surface area contributed by atoms with Gasteiger partial charge >= 0.3 is 0 Å². The van der Waals surface area contributed by atoms with Gasteiger partial charge in [0.25, 0.3) is 0 Å². The average Bonchev–Trinajstić information content (AvgIpc) is 2.35. The van der Waals surface area contributed by atoms with E-state index in [4.69, 9.17) is 0 Å². The van der Waals surface area contributed by atoms with Gasteiger partial charge in [-0.25, -0.2) is 0 Å². The highest BCUT2D eigenvalue weighted by Crippen LogP contribution is 2.21. The maximum Gasteiger partial charge on any atom is 0.221 e. The van der Waals surface area contributed by atoms with Gasteiger partial charge in [-0.05, 0) is 25.8 Å². The quantitative estimate of drug-likeness (QED) is 0.730. The molecule has 0 radical (unpaired) electrons. The Morgan fingerprint density at radius 2 is 2.31 bits per heavy atom. The second-order valence-corrected chi connectivity index (χ2v) is 4.50. The molecule has 4 heteroatoms. The van der Waals surface area contributed by atoms with Crippen LogP contribution < -0.4 is 5.32 Å². The SMILES string of the molecule is CCC(O)C1CCCCN1CCC(=O)NC. The van der Waals surface area contributed by atoms with Crippen LogP contribution in [-0.2, 0) is 4.79 Å². The Morgan fingerprint density at radius 1 is 1.56 bits per heavy atom. The Hall–Kier alpha value is -0.610. The highest BCUT2D eigenvalue weighted by atomic mass is 16.3. The molecule has 1 aliphatic heterocycles. The summed E-state index contributed by atoms with van der Waals surface area (Å²) in [5.41, 5.74) is 0. The summed E-state index contributed by atoms with van der Waals surface area (Å²) < 4.78 is 0. The molecule has 4 nitrogen and oxygen atoms in total. The van der Waals surface area contributed by atoms with Gasteiger partial charge in [-0.15, -0.1) is 0 Å². The number of aliphatic hydroxyl groups is 1. The lowest BCUT2D eigenvalue weighted by Crippen LogP contribution is -2.47. The lowest BCUT2D eigenvalue weighted by molar-refractivity contribution is -0.121. The van der Waals surface area contributed by atoms with E-state index in [1.165, 1.54) is 12.8 Å². The molecule has 16 heavy (non-hydrogen) atoms. The second kappa shape index (κ2) is 6.86. The predicted molar refractivity (Wildman–Crippen MR) is 64.2 cm³/mol. The first-order valence-corrected chi connectivity index (χ1v) is 6.31. The fraction of sp³-hybridized carbons (Fsp3) is 0.917. The molecule has 0 aliphatic carbocycles. The number of nitrogens with one attached hydrogen (secondary N) is 1. The van der Waals surface area contributed by atoms with E-state index in [9.17, 15) is 9.90 Å². The monoisotopic (exact) mass is 228 g/mol. The number of amides is 1. The molecule has 0 aromatic rings. The lowest BCUT2D eigenvalue weighted by atomic mass is 9.96. The van der Waals surface area contributed by atoms with Gasteiger partial charge in [0.1, 0.15) is 0 Å². The summed E-state index contributed by atoms with van der Waals surface area (Å²) in [5, 5.41) is 12.6. The number of aliphatic hydroxyl groups excluding tert-OH is 1. The molecule has 94 valence electrons. The Balaban J connectivity index is 2.43. The Labute approximate surface area is 98.0 Å².